The van der Waals surface area contributed by atoms with Crippen LogP contribution in [0.3, 0.4) is 0 Å². The van der Waals surface area contributed by atoms with Crippen molar-refractivity contribution in [3.05, 3.63) is 101 Å². The topological polar surface area (TPSA) is 113 Å². The van der Waals surface area contributed by atoms with Crippen LogP contribution in [0.2, 0.25) is 0 Å². The van der Waals surface area contributed by atoms with E-state index in [1.165, 1.54) is 12.8 Å². The summed E-state index contributed by atoms with van der Waals surface area (Å²) >= 11 is 0. The summed E-state index contributed by atoms with van der Waals surface area (Å²) in [6, 6.07) is 19.6. The molecule has 1 saturated carbocycles. The van der Waals surface area contributed by atoms with E-state index in [1.54, 1.807) is 12.3 Å². The monoisotopic (exact) mass is 625 g/mol. The summed E-state index contributed by atoms with van der Waals surface area (Å²) in [5.74, 6) is 0.593. The number of carbonyl (C=O) groups is 1. The fourth-order valence-corrected chi connectivity index (χ4v) is 5.94. The Morgan fingerprint density at radius 1 is 1.07 bits per heavy atom. The van der Waals surface area contributed by atoms with Crippen LogP contribution in [0.1, 0.15) is 72.3 Å². The predicted octanol–water partition coefficient (Wildman–Crippen LogP) is 6.15. The van der Waals surface area contributed by atoms with Crippen LogP contribution in [0.5, 0.6) is 5.75 Å². The number of amides is 1. The average Bonchev–Trinajstić information content (AvgIpc) is 3.55. The highest BCUT2D eigenvalue weighted by Gasteiger charge is 2.33. The number of para-hydroxylation sites is 1. The van der Waals surface area contributed by atoms with Gasteiger partial charge < -0.3 is 20.2 Å². The highest BCUT2D eigenvalue weighted by atomic mass is 32.2. The molecule has 234 valence electrons. The first kappa shape index (κ1) is 30.4. The quantitative estimate of drug-likeness (QED) is 0.177. The summed E-state index contributed by atoms with van der Waals surface area (Å²) in [4.78, 5) is 13.7. The lowest BCUT2D eigenvalue weighted by molar-refractivity contribution is 0.102. The van der Waals surface area contributed by atoms with Gasteiger partial charge in [-0.25, -0.2) is 8.89 Å². The molecule has 1 amide bonds. The third-order valence-electron chi connectivity index (χ3n) is 8.02. The second-order valence-electron chi connectivity index (χ2n) is 12.5. The minimum atomic E-state index is -1.33. The number of nitrogens with one attached hydrogen (secondary N) is 4. The van der Waals surface area contributed by atoms with E-state index >= 15 is 0 Å². The van der Waals surface area contributed by atoms with E-state index in [0.717, 1.165) is 46.6 Å². The van der Waals surface area contributed by atoms with Crippen LogP contribution in [-0.2, 0) is 16.4 Å². The normalized spacial score (nSPS) is 15.3. The fraction of sp³-hybridized carbons (Fsp3) is 0.294. The molecule has 0 bridgehead atoms. The standard InChI is InChI=1S/C34H39N7O3S/c1-21-12-13-23(33(42)36-27-17-24(34(2,3)4)18-28(32(27)44-5)38-45(6)43)16-30(21)40-20-29(37-39-40)26-19-35-41(31(26)22-14-15-22)25-10-8-7-9-11-25/h7-13,16-20,22,37-39H,14-15H2,1-6H3,(H,36,42). The molecule has 10 nitrogen and oxygen atoms in total. The Bertz CT molecular complexity index is 1810. The Labute approximate surface area is 266 Å². The van der Waals surface area contributed by atoms with Gasteiger partial charge in [0.1, 0.15) is 11.0 Å². The minimum Gasteiger partial charge on any atom is -0.492 e. The molecular weight excluding hydrogens is 586 g/mol. The number of methoxy groups -OCH3 is 1. The number of aryl methyl sites for hydroxylation is 1. The number of hydrogen-bond acceptors (Lipinski definition) is 7. The maximum absolute atomic E-state index is 13.7. The van der Waals surface area contributed by atoms with Crippen molar-refractivity contribution >= 4 is 39.7 Å². The molecule has 1 aromatic heterocycles. The first-order valence-electron chi connectivity index (χ1n) is 14.9. The van der Waals surface area contributed by atoms with Crippen molar-refractivity contribution in [2.24, 2.45) is 0 Å². The molecule has 1 aliphatic carbocycles. The van der Waals surface area contributed by atoms with Gasteiger partial charge in [-0.3, -0.25) is 9.80 Å². The molecule has 3 aromatic carbocycles. The maximum Gasteiger partial charge on any atom is 0.255 e. The van der Waals surface area contributed by atoms with E-state index < -0.39 is 11.0 Å². The van der Waals surface area contributed by atoms with Crippen molar-refractivity contribution in [2.75, 3.05) is 28.4 Å². The van der Waals surface area contributed by atoms with Crippen LogP contribution < -0.4 is 30.7 Å². The maximum atomic E-state index is 13.7. The lowest BCUT2D eigenvalue weighted by atomic mass is 9.86. The zero-order chi connectivity index (χ0) is 31.9. The lowest BCUT2D eigenvalue weighted by Gasteiger charge is -2.24. The molecule has 11 heteroatoms. The predicted molar refractivity (Wildman–Crippen MR) is 181 cm³/mol. The summed E-state index contributed by atoms with van der Waals surface area (Å²) in [7, 11) is 0.205. The molecule has 4 N–H and O–H groups in total. The first-order valence-corrected chi connectivity index (χ1v) is 16.5. The number of benzene rings is 3. The molecule has 2 aliphatic rings. The molecular formula is C34H39N7O3S. The number of nitrogens with zero attached hydrogens (tertiary/aromatic N) is 3. The molecule has 1 aliphatic heterocycles. The lowest BCUT2D eigenvalue weighted by Crippen LogP contribution is -2.36. The third-order valence-corrected chi connectivity index (χ3v) is 8.53. The second kappa shape index (κ2) is 12.1. The zero-order valence-electron chi connectivity index (χ0n) is 26.4. The van der Waals surface area contributed by atoms with E-state index in [9.17, 15) is 9.00 Å². The summed E-state index contributed by atoms with van der Waals surface area (Å²) < 4.78 is 22.7. The van der Waals surface area contributed by atoms with E-state index in [4.69, 9.17) is 9.84 Å². The first-order chi connectivity index (χ1) is 21.5. The smallest absolute Gasteiger partial charge is 0.255 e. The Balaban J connectivity index is 1.29. The van der Waals surface area contributed by atoms with Gasteiger partial charge in [0.2, 0.25) is 0 Å². The van der Waals surface area contributed by atoms with Crippen LogP contribution in [-0.4, -0.2) is 33.3 Å². The fourth-order valence-electron chi connectivity index (χ4n) is 5.48. The number of hydrazine groups is 2. The van der Waals surface area contributed by atoms with Crippen LogP contribution in [0.15, 0.2) is 73.1 Å². The molecule has 45 heavy (non-hydrogen) atoms. The Morgan fingerprint density at radius 2 is 1.80 bits per heavy atom. The van der Waals surface area contributed by atoms with Crippen molar-refractivity contribution in [3.8, 4) is 11.4 Å². The molecule has 2 heterocycles. The third kappa shape index (κ3) is 6.31. The zero-order valence-corrected chi connectivity index (χ0v) is 27.2. The van der Waals surface area contributed by atoms with Crippen molar-refractivity contribution in [1.29, 1.82) is 0 Å². The number of carbonyl (C=O) groups excluding carboxylic acids is 1. The highest BCUT2D eigenvalue weighted by Crippen LogP contribution is 2.44. The van der Waals surface area contributed by atoms with Gasteiger partial charge in [0.25, 0.3) is 5.91 Å². The van der Waals surface area contributed by atoms with E-state index in [1.807, 2.05) is 71.5 Å². The van der Waals surface area contributed by atoms with E-state index in [-0.39, 0.29) is 11.3 Å². The molecule has 0 radical (unpaired) electrons. The molecule has 1 fully saturated rings. The van der Waals surface area contributed by atoms with Crippen molar-refractivity contribution in [3.63, 3.8) is 0 Å². The van der Waals surface area contributed by atoms with Gasteiger partial charge in [-0.05, 0) is 72.7 Å². The number of rotatable bonds is 9. The summed E-state index contributed by atoms with van der Waals surface area (Å²) in [5.41, 5.74) is 14.8. The molecule has 1 atom stereocenters. The van der Waals surface area contributed by atoms with Crippen LogP contribution >= 0.6 is 0 Å². The number of hydrogen-bond donors (Lipinski definition) is 4. The van der Waals surface area contributed by atoms with Gasteiger partial charge in [-0.1, -0.05) is 45.0 Å². The molecule has 0 saturated heterocycles. The average molecular weight is 626 g/mol. The number of anilines is 3. The van der Waals surface area contributed by atoms with E-state index in [0.29, 0.717) is 28.6 Å². The van der Waals surface area contributed by atoms with Crippen molar-refractivity contribution < 1.29 is 13.7 Å². The largest absolute Gasteiger partial charge is 0.492 e. The molecule has 0 spiro atoms. The van der Waals surface area contributed by atoms with Crippen molar-refractivity contribution in [1.82, 2.24) is 20.7 Å². The van der Waals surface area contributed by atoms with E-state index in [2.05, 4.69) is 53.9 Å². The SMILES string of the molecule is COc1c(NC(=O)c2ccc(C)c(N3C=C(c4cnn(-c5ccccc5)c4C4CC4)NN3)c2)cc(C(C)(C)C)cc1NS(C)=O. The van der Waals surface area contributed by atoms with Crippen molar-refractivity contribution in [2.45, 2.75) is 51.9 Å². The Morgan fingerprint density at radius 3 is 2.47 bits per heavy atom. The summed E-state index contributed by atoms with van der Waals surface area (Å²) in [6.07, 6.45) is 7.75. The van der Waals surface area contributed by atoms with Gasteiger partial charge in [0.15, 0.2) is 5.75 Å². The Kier molecular flexibility index (Phi) is 8.15. The van der Waals surface area contributed by atoms with Gasteiger partial charge in [0.05, 0.1) is 47.4 Å². The highest BCUT2D eigenvalue weighted by molar-refractivity contribution is 7.85. The number of ether oxygens (including phenoxy) is 1. The minimum absolute atomic E-state index is 0.218. The molecule has 6 rings (SSSR count). The number of aromatic nitrogens is 2. The second-order valence-corrected chi connectivity index (χ2v) is 13.6. The van der Waals surface area contributed by atoms with Gasteiger partial charge in [-0.15, -0.1) is 5.53 Å². The molecule has 1 unspecified atom stereocenters. The van der Waals surface area contributed by atoms with Gasteiger partial charge in [-0.2, -0.15) is 5.10 Å². The summed E-state index contributed by atoms with van der Waals surface area (Å²) in [5, 5.41) is 9.67. The molecule has 4 aromatic rings. The van der Waals surface area contributed by atoms with Crippen LogP contribution in [0.25, 0.3) is 11.4 Å². The summed E-state index contributed by atoms with van der Waals surface area (Å²) in [6.45, 7) is 8.25. The van der Waals surface area contributed by atoms with Gasteiger partial charge in [0, 0.05) is 29.5 Å². The van der Waals surface area contributed by atoms with Crippen LogP contribution in [0, 0.1) is 6.92 Å². The van der Waals surface area contributed by atoms with Crippen LogP contribution in [0.4, 0.5) is 17.1 Å². The Hall–Kier alpha value is -4.61. The van der Waals surface area contributed by atoms with Gasteiger partial charge >= 0.3 is 0 Å².